The van der Waals surface area contributed by atoms with Gasteiger partial charge in [-0.05, 0) is 0 Å². The van der Waals surface area contributed by atoms with Gasteiger partial charge < -0.3 is 45.8 Å². The summed E-state index contributed by atoms with van der Waals surface area (Å²) in [4.78, 5) is 30.0. The average molecular weight is 291 g/mol. The number of carboxylic acid groups (broad SMARTS) is 3. The van der Waals surface area contributed by atoms with Crippen LogP contribution in [0.5, 0.6) is 0 Å². The zero-order valence-electron chi connectivity index (χ0n) is 8.02. The van der Waals surface area contributed by atoms with Crippen LogP contribution in [0.3, 0.4) is 0 Å². The van der Waals surface area contributed by atoms with Crippen molar-refractivity contribution in [2.45, 2.75) is 18.4 Å². The van der Waals surface area contributed by atoms with E-state index in [0.29, 0.717) is 0 Å². The molecule has 0 aromatic rings. The van der Waals surface area contributed by atoms with Crippen molar-refractivity contribution in [3.8, 4) is 0 Å². The normalized spacial score (nSPS) is 8.81. The Bertz CT molecular complexity index is 234. The zero-order valence-corrected chi connectivity index (χ0v) is 11.0. The maximum absolute atomic E-state index is 10.1. The molecule has 0 atom stereocenters. The molecule has 0 saturated heterocycles. The van der Waals surface area contributed by atoms with Gasteiger partial charge in [0, 0.05) is 24.8 Å². The number of aliphatic carboxylic acids is 3. The molecule has 0 aliphatic carbocycles. The zero-order chi connectivity index (χ0) is 10.6. The van der Waals surface area contributed by atoms with Gasteiger partial charge in [-0.25, -0.2) is 0 Å². The van der Waals surface area contributed by atoms with Crippen molar-refractivity contribution in [3.05, 3.63) is 0 Å². The molecule has 0 aromatic heterocycles. The molecule has 90 valence electrons. The largest absolute Gasteiger partial charge is 2.00 e. The molecule has 0 aliphatic heterocycles. The summed E-state index contributed by atoms with van der Waals surface area (Å²) in [5.41, 5.74) is -2.97. The molecule has 0 saturated carbocycles. The fourth-order valence-corrected chi connectivity index (χ4v) is 0.684. The average Bonchev–Trinajstić information content (AvgIpc) is 1.82. The summed E-state index contributed by atoms with van der Waals surface area (Å²) in [6.45, 7) is 0. The second-order valence-electron chi connectivity index (χ2n) is 2.42. The third-order valence-corrected chi connectivity index (χ3v) is 1.25. The number of carbonyl (C=O) groups is 3. The Hall–Kier alpha value is -1.09. The van der Waals surface area contributed by atoms with Crippen LogP contribution < -0.4 is 15.3 Å². The van der Waals surface area contributed by atoms with Crippen molar-refractivity contribution in [3.63, 3.8) is 0 Å². The van der Waals surface area contributed by atoms with Crippen molar-refractivity contribution in [1.82, 2.24) is 0 Å². The second kappa shape index (κ2) is 9.16. The first-order chi connectivity index (χ1) is 5.78. The van der Waals surface area contributed by atoms with Gasteiger partial charge in [0.15, 0.2) is 0 Å². The predicted octanol–water partition coefficient (Wildman–Crippen LogP) is -6.90. The molecule has 0 radical (unpaired) electrons. The van der Waals surface area contributed by atoms with Crippen LogP contribution in [0.15, 0.2) is 0 Å². The first kappa shape index (κ1) is 24.2. The van der Waals surface area contributed by atoms with Gasteiger partial charge in [-0.15, -0.1) is 0 Å². The molecule has 0 amide bonds. The first-order valence-corrected chi connectivity index (χ1v) is 3.11. The van der Waals surface area contributed by atoms with Crippen LogP contribution in [-0.2, 0) is 33.9 Å². The molecule has 0 heterocycles. The molecule has 10 heteroatoms. The van der Waals surface area contributed by atoms with Crippen LogP contribution in [0.2, 0.25) is 0 Å². The van der Waals surface area contributed by atoms with Gasteiger partial charge in [0.05, 0.1) is 5.97 Å². The van der Waals surface area contributed by atoms with Gasteiger partial charge in [-0.3, -0.25) is 0 Å². The molecular formula is C6H9O9Zn-. The maximum atomic E-state index is 10.1. The third kappa shape index (κ3) is 8.24. The Morgan fingerprint density at radius 1 is 0.938 bits per heavy atom. The van der Waals surface area contributed by atoms with Crippen molar-refractivity contribution in [1.29, 1.82) is 0 Å². The fourth-order valence-electron chi connectivity index (χ4n) is 0.684. The molecule has 0 bridgehead atoms. The predicted molar refractivity (Wildman–Crippen MR) is 36.4 cm³/mol. The summed E-state index contributed by atoms with van der Waals surface area (Å²) in [6, 6.07) is 0. The molecule has 0 aliphatic rings. The van der Waals surface area contributed by atoms with Crippen LogP contribution >= 0.6 is 0 Å². The minimum Gasteiger partial charge on any atom is -0.550 e. The summed E-state index contributed by atoms with van der Waals surface area (Å²) in [6.07, 6.45) is -2.72. The molecule has 5 N–H and O–H groups in total. The van der Waals surface area contributed by atoms with Crippen LogP contribution in [-0.4, -0.2) is 39.6 Å². The maximum Gasteiger partial charge on any atom is 2.00 e. The van der Waals surface area contributed by atoms with Gasteiger partial charge >= 0.3 is 19.5 Å². The van der Waals surface area contributed by atoms with Gasteiger partial charge in [-0.2, -0.15) is 0 Å². The van der Waals surface area contributed by atoms with Crippen molar-refractivity contribution >= 4 is 17.9 Å². The van der Waals surface area contributed by atoms with Crippen LogP contribution in [0, 0.1) is 0 Å². The van der Waals surface area contributed by atoms with Gasteiger partial charge in [0.2, 0.25) is 0 Å². The number of carbonyl (C=O) groups excluding carboxylic acids is 3. The SMILES string of the molecule is O.O.O=C([O-])CC(O)(CC(=O)[O-])C(=O)[O-].[Zn+2]. The minimum atomic E-state index is -2.97. The van der Waals surface area contributed by atoms with E-state index in [-0.39, 0.29) is 30.4 Å². The topological polar surface area (TPSA) is 204 Å². The number of hydrogen-bond acceptors (Lipinski definition) is 7. The Morgan fingerprint density at radius 3 is 1.31 bits per heavy atom. The van der Waals surface area contributed by atoms with Crippen LogP contribution in [0.1, 0.15) is 12.8 Å². The number of rotatable bonds is 5. The molecule has 0 unspecified atom stereocenters. The smallest absolute Gasteiger partial charge is 0.550 e. The summed E-state index contributed by atoms with van der Waals surface area (Å²) in [5.74, 6) is -5.98. The molecule has 16 heavy (non-hydrogen) atoms. The second-order valence-corrected chi connectivity index (χ2v) is 2.42. The Labute approximate surface area is 102 Å². The number of hydrogen-bond donors (Lipinski definition) is 1. The molecule has 0 aromatic carbocycles. The van der Waals surface area contributed by atoms with Crippen molar-refractivity contribution in [2.75, 3.05) is 0 Å². The van der Waals surface area contributed by atoms with E-state index in [1.165, 1.54) is 0 Å². The third-order valence-electron chi connectivity index (χ3n) is 1.25. The molecular weight excluding hydrogens is 281 g/mol. The summed E-state index contributed by atoms with van der Waals surface area (Å²) in [5, 5.41) is 38.9. The Kier molecular flexibility index (Phi) is 13.9. The van der Waals surface area contributed by atoms with Crippen LogP contribution in [0.25, 0.3) is 0 Å². The molecule has 0 spiro atoms. The van der Waals surface area contributed by atoms with E-state index in [2.05, 4.69) is 0 Å². The summed E-state index contributed by atoms with van der Waals surface area (Å²) < 4.78 is 0. The minimum absolute atomic E-state index is 0. The van der Waals surface area contributed by atoms with E-state index in [1.54, 1.807) is 0 Å². The first-order valence-electron chi connectivity index (χ1n) is 3.11. The van der Waals surface area contributed by atoms with E-state index in [4.69, 9.17) is 5.11 Å². The van der Waals surface area contributed by atoms with E-state index in [0.717, 1.165) is 0 Å². The standard InChI is InChI=1S/C6H8O7.2H2O.Zn/c7-3(8)1-6(13,5(11)12)2-4(9)10;;;/h13H,1-2H2,(H,7,8)(H,9,10)(H,11,12);2*1H2;/q;;;+2/p-3. The summed E-state index contributed by atoms with van der Waals surface area (Å²) in [7, 11) is 0. The van der Waals surface area contributed by atoms with Crippen molar-refractivity contribution < 1.29 is 65.2 Å². The van der Waals surface area contributed by atoms with E-state index >= 15 is 0 Å². The number of aliphatic hydroxyl groups is 1. The fraction of sp³-hybridized carbons (Fsp3) is 0.500. The van der Waals surface area contributed by atoms with Gasteiger partial charge in [0.1, 0.15) is 5.60 Å². The van der Waals surface area contributed by atoms with E-state index < -0.39 is 36.4 Å². The van der Waals surface area contributed by atoms with Crippen LogP contribution in [0.4, 0.5) is 0 Å². The monoisotopic (exact) mass is 289 g/mol. The molecule has 9 nitrogen and oxygen atoms in total. The molecule has 0 rings (SSSR count). The van der Waals surface area contributed by atoms with Crippen molar-refractivity contribution in [2.24, 2.45) is 0 Å². The quantitative estimate of drug-likeness (QED) is 0.483. The van der Waals surface area contributed by atoms with Gasteiger partial charge in [0.25, 0.3) is 0 Å². The number of carboxylic acids is 3. The van der Waals surface area contributed by atoms with E-state index in [1.807, 2.05) is 0 Å². The van der Waals surface area contributed by atoms with Gasteiger partial charge in [-0.1, -0.05) is 0 Å². The Balaban J connectivity index is -0.000000240. The summed E-state index contributed by atoms with van der Waals surface area (Å²) >= 11 is 0. The molecule has 0 fully saturated rings. The van der Waals surface area contributed by atoms with E-state index in [9.17, 15) is 29.7 Å². The Morgan fingerprint density at radius 2 is 1.19 bits per heavy atom.